The summed E-state index contributed by atoms with van der Waals surface area (Å²) in [4.78, 5) is 24.9. The average molecular weight is 351 g/mol. The fourth-order valence-corrected chi connectivity index (χ4v) is 2.72. The van der Waals surface area contributed by atoms with E-state index in [2.05, 4.69) is 36.5 Å². The van der Waals surface area contributed by atoms with Gasteiger partial charge in [0.15, 0.2) is 0 Å². The molecule has 0 aliphatic rings. The van der Waals surface area contributed by atoms with Crippen LogP contribution in [0.4, 0.5) is 0 Å². The molecule has 6 nitrogen and oxygen atoms in total. The monoisotopic (exact) mass is 350 g/mol. The van der Waals surface area contributed by atoms with Crippen LogP contribution in [0.3, 0.4) is 0 Å². The maximum absolute atomic E-state index is 12.5. The third-order valence-corrected chi connectivity index (χ3v) is 4.25. The normalized spacial score (nSPS) is 13.5. The van der Waals surface area contributed by atoms with Crippen LogP contribution in [0, 0.1) is 11.8 Å². The van der Waals surface area contributed by atoms with E-state index in [9.17, 15) is 9.59 Å². The molecule has 0 saturated heterocycles. The SMILES string of the molecule is CCCCCC(C)C(=O)NC(CC(C)C)C(=O)NCc1cnn(C)c1. The number of hydrogen-bond donors (Lipinski definition) is 2. The van der Waals surface area contributed by atoms with Crippen molar-refractivity contribution in [1.82, 2.24) is 20.4 Å². The Hall–Kier alpha value is -1.85. The molecule has 2 unspecified atom stereocenters. The van der Waals surface area contributed by atoms with E-state index in [1.165, 1.54) is 0 Å². The molecule has 0 bridgehead atoms. The number of aromatic nitrogens is 2. The van der Waals surface area contributed by atoms with E-state index < -0.39 is 6.04 Å². The maximum Gasteiger partial charge on any atom is 0.242 e. The van der Waals surface area contributed by atoms with Crippen molar-refractivity contribution in [3.8, 4) is 0 Å². The minimum absolute atomic E-state index is 0.0294. The standard InChI is InChI=1S/C19H34N4O2/c1-6-7-8-9-15(4)18(24)22-17(10-14(2)3)19(25)20-11-16-12-21-23(5)13-16/h12-15,17H,6-11H2,1-5H3,(H,20,25)(H,22,24). The van der Waals surface area contributed by atoms with E-state index >= 15 is 0 Å². The molecule has 1 aromatic rings. The van der Waals surface area contributed by atoms with Crippen LogP contribution >= 0.6 is 0 Å². The lowest BCUT2D eigenvalue weighted by Crippen LogP contribution is -2.48. The summed E-state index contributed by atoms with van der Waals surface area (Å²) in [6.45, 7) is 8.61. The van der Waals surface area contributed by atoms with Crippen molar-refractivity contribution in [2.75, 3.05) is 0 Å². The lowest BCUT2D eigenvalue weighted by atomic mass is 9.99. The smallest absolute Gasteiger partial charge is 0.242 e. The van der Waals surface area contributed by atoms with Crippen LogP contribution < -0.4 is 10.6 Å². The quantitative estimate of drug-likeness (QED) is 0.603. The summed E-state index contributed by atoms with van der Waals surface area (Å²) in [7, 11) is 1.84. The van der Waals surface area contributed by atoms with Gasteiger partial charge in [0, 0.05) is 31.3 Å². The first-order valence-electron chi connectivity index (χ1n) is 9.39. The first-order valence-corrected chi connectivity index (χ1v) is 9.39. The molecule has 25 heavy (non-hydrogen) atoms. The zero-order chi connectivity index (χ0) is 18.8. The largest absolute Gasteiger partial charge is 0.350 e. The van der Waals surface area contributed by atoms with Gasteiger partial charge in [-0.25, -0.2) is 0 Å². The van der Waals surface area contributed by atoms with Gasteiger partial charge in [-0.15, -0.1) is 0 Å². The number of carbonyl (C=O) groups excluding carboxylic acids is 2. The Balaban J connectivity index is 2.56. The number of unbranched alkanes of at least 4 members (excludes halogenated alkanes) is 2. The van der Waals surface area contributed by atoms with Crippen molar-refractivity contribution in [2.24, 2.45) is 18.9 Å². The van der Waals surface area contributed by atoms with Crippen molar-refractivity contribution in [2.45, 2.75) is 72.4 Å². The topological polar surface area (TPSA) is 76.0 Å². The lowest BCUT2D eigenvalue weighted by Gasteiger charge is -2.22. The second-order valence-electron chi connectivity index (χ2n) is 7.33. The first kappa shape index (κ1) is 21.2. The molecule has 1 aromatic heterocycles. The molecular formula is C19H34N4O2. The first-order chi connectivity index (χ1) is 11.8. The molecule has 2 amide bonds. The van der Waals surface area contributed by atoms with Gasteiger partial charge in [0.1, 0.15) is 6.04 Å². The molecule has 0 aliphatic carbocycles. The van der Waals surface area contributed by atoms with Crippen LogP contribution in [-0.4, -0.2) is 27.6 Å². The maximum atomic E-state index is 12.5. The number of hydrogen-bond acceptors (Lipinski definition) is 3. The third kappa shape index (κ3) is 8.18. The number of rotatable bonds is 11. The van der Waals surface area contributed by atoms with Gasteiger partial charge in [-0.2, -0.15) is 5.10 Å². The van der Waals surface area contributed by atoms with Crippen molar-refractivity contribution < 1.29 is 9.59 Å². The molecule has 0 aliphatic heterocycles. The molecule has 2 atom stereocenters. The summed E-state index contributed by atoms with van der Waals surface area (Å²) in [5.41, 5.74) is 0.943. The van der Waals surface area contributed by atoms with Gasteiger partial charge < -0.3 is 10.6 Å². The van der Waals surface area contributed by atoms with Gasteiger partial charge in [0.2, 0.25) is 11.8 Å². The fraction of sp³-hybridized carbons (Fsp3) is 0.737. The third-order valence-electron chi connectivity index (χ3n) is 4.25. The Labute approximate surface area is 151 Å². The van der Waals surface area contributed by atoms with Crippen molar-refractivity contribution in [3.63, 3.8) is 0 Å². The van der Waals surface area contributed by atoms with Crippen molar-refractivity contribution >= 4 is 11.8 Å². The van der Waals surface area contributed by atoms with Crippen LogP contribution in [0.15, 0.2) is 12.4 Å². The number of aryl methyl sites for hydroxylation is 1. The fourth-order valence-electron chi connectivity index (χ4n) is 2.72. The Morgan fingerprint density at radius 1 is 1.20 bits per heavy atom. The van der Waals surface area contributed by atoms with Crippen LogP contribution in [-0.2, 0) is 23.2 Å². The molecular weight excluding hydrogens is 316 g/mol. The molecule has 1 heterocycles. The summed E-state index contributed by atoms with van der Waals surface area (Å²) < 4.78 is 1.70. The van der Waals surface area contributed by atoms with Gasteiger partial charge in [0.25, 0.3) is 0 Å². The van der Waals surface area contributed by atoms with Crippen LogP contribution in [0.2, 0.25) is 0 Å². The highest BCUT2D eigenvalue weighted by Gasteiger charge is 2.24. The predicted molar refractivity (Wildman–Crippen MR) is 99.7 cm³/mol. The highest BCUT2D eigenvalue weighted by atomic mass is 16.2. The number of carbonyl (C=O) groups is 2. The Kier molecular flexibility index (Phi) is 9.24. The Morgan fingerprint density at radius 2 is 1.92 bits per heavy atom. The molecule has 142 valence electrons. The van der Waals surface area contributed by atoms with Crippen molar-refractivity contribution in [3.05, 3.63) is 18.0 Å². The second kappa shape index (κ2) is 10.9. The predicted octanol–water partition coefficient (Wildman–Crippen LogP) is 2.78. The van der Waals surface area contributed by atoms with Crippen molar-refractivity contribution in [1.29, 1.82) is 0 Å². The summed E-state index contributed by atoms with van der Waals surface area (Å²) in [6.07, 6.45) is 8.42. The highest BCUT2D eigenvalue weighted by molar-refractivity contribution is 5.88. The van der Waals surface area contributed by atoms with E-state index in [0.29, 0.717) is 18.9 Å². The van der Waals surface area contributed by atoms with Gasteiger partial charge in [-0.05, 0) is 18.8 Å². The zero-order valence-corrected chi connectivity index (χ0v) is 16.3. The van der Waals surface area contributed by atoms with Gasteiger partial charge >= 0.3 is 0 Å². The van der Waals surface area contributed by atoms with E-state index in [0.717, 1.165) is 31.2 Å². The second-order valence-corrected chi connectivity index (χ2v) is 7.33. The summed E-state index contributed by atoms with van der Waals surface area (Å²) in [5.74, 6) is 0.0992. The number of nitrogens with one attached hydrogen (secondary N) is 2. The van der Waals surface area contributed by atoms with Gasteiger partial charge in [-0.1, -0.05) is 47.0 Å². The minimum atomic E-state index is -0.488. The molecule has 6 heteroatoms. The van der Waals surface area contributed by atoms with Crippen LogP contribution in [0.1, 0.15) is 65.4 Å². The van der Waals surface area contributed by atoms with Gasteiger partial charge in [-0.3, -0.25) is 14.3 Å². The Bertz CT molecular complexity index is 539. The van der Waals surface area contributed by atoms with Crippen LogP contribution in [0.25, 0.3) is 0 Å². The van der Waals surface area contributed by atoms with E-state index in [1.54, 1.807) is 10.9 Å². The molecule has 0 spiro atoms. The van der Waals surface area contributed by atoms with Gasteiger partial charge in [0.05, 0.1) is 6.20 Å². The summed E-state index contributed by atoms with van der Waals surface area (Å²) in [5, 5.41) is 9.94. The lowest BCUT2D eigenvalue weighted by molar-refractivity contribution is -0.131. The van der Waals surface area contributed by atoms with E-state index in [1.807, 2.05) is 20.2 Å². The number of amides is 2. The molecule has 0 radical (unpaired) electrons. The highest BCUT2D eigenvalue weighted by Crippen LogP contribution is 2.12. The van der Waals surface area contributed by atoms with Crippen LogP contribution in [0.5, 0.6) is 0 Å². The van der Waals surface area contributed by atoms with E-state index in [4.69, 9.17) is 0 Å². The number of nitrogens with zero attached hydrogens (tertiary/aromatic N) is 2. The Morgan fingerprint density at radius 3 is 2.48 bits per heavy atom. The zero-order valence-electron chi connectivity index (χ0n) is 16.3. The molecule has 0 aromatic carbocycles. The molecule has 2 N–H and O–H groups in total. The average Bonchev–Trinajstić information content (AvgIpc) is 2.97. The summed E-state index contributed by atoms with van der Waals surface area (Å²) in [6, 6.07) is -0.488. The molecule has 0 fully saturated rings. The van der Waals surface area contributed by atoms with E-state index in [-0.39, 0.29) is 17.7 Å². The molecule has 1 rings (SSSR count). The minimum Gasteiger partial charge on any atom is -0.350 e. The molecule has 0 saturated carbocycles. The summed E-state index contributed by atoms with van der Waals surface area (Å²) >= 11 is 0.